The predicted molar refractivity (Wildman–Crippen MR) is 59.9 cm³/mol. The quantitative estimate of drug-likeness (QED) is 0.738. The van der Waals surface area contributed by atoms with Gasteiger partial charge in [0.1, 0.15) is 6.10 Å². The number of methoxy groups -OCH3 is 1. The van der Waals surface area contributed by atoms with Crippen molar-refractivity contribution in [3.63, 3.8) is 0 Å². The summed E-state index contributed by atoms with van der Waals surface area (Å²) in [4.78, 5) is 0. The number of hydrogen-bond acceptors (Lipinski definition) is 3. The van der Waals surface area contributed by atoms with Gasteiger partial charge in [-0.05, 0) is 25.7 Å². The van der Waals surface area contributed by atoms with Crippen molar-refractivity contribution in [2.24, 2.45) is 5.92 Å². The summed E-state index contributed by atoms with van der Waals surface area (Å²) in [6, 6.07) is 0. The summed E-state index contributed by atoms with van der Waals surface area (Å²) in [6.45, 7) is 3.03. The van der Waals surface area contributed by atoms with Crippen molar-refractivity contribution < 1.29 is 14.6 Å². The van der Waals surface area contributed by atoms with E-state index in [0.717, 1.165) is 0 Å². The Hall–Kier alpha value is -0.120. The molecule has 0 aromatic carbocycles. The van der Waals surface area contributed by atoms with E-state index in [2.05, 4.69) is 0 Å². The third kappa shape index (κ3) is 4.09. The molecule has 1 N–H and O–H groups in total. The van der Waals surface area contributed by atoms with Gasteiger partial charge < -0.3 is 14.6 Å². The minimum absolute atomic E-state index is 0.0322. The van der Waals surface area contributed by atoms with E-state index in [1.54, 1.807) is 7.11 Å². The molecule has 0 heterocycles. The fraction of sp³-hybridized carbons (Fsp3) is 1.00. The lowest BCUT2D eigenvalue weighted by molar-refractivity contribution is -0.0934. The van der Waals surface area contributed by atoms with E-state index < -0.39 is 6.10 Å². The van der Waals surface area contributed by atoms with Gasteiger partial charge in [0.2, 0.25) is 0 Å². The Bertz CT molecular complexity index is 155. The van der Waals surface area contributed by atoms with Gasteiger partial charge in [-0.1, -0.05) is 19.3 Å². The lowest BCUT2D eigenvalue weighted by Crippen LogP contribution is -2.39. The van der Waals surface area contributed by atoms with Crippen LogP contribution in [-0.2, 0) is 9.47 Å². The molecular weight excluding hydrogens is 192 g/mol. The summed E-state index contributed by atoms with van der Waals surface area (Å²) in [5.41, 5.74) is 0. The Morgan fingerprint density at radius 3 is 2.47 bits per heavy atom. The standard InChI is InChI=1S/C12H24O3/c1-3-15-12(11(13)9-14-2)10-7-5-4-6-8-10/h10-13H,3-9H2,1-2H3. The van der Waals surface area contributed by atoms with Crippen LogP contribution in [0.1, 0.15) is 39.0 Å². The smallest absolute Gasteiger partial charge is 0.104 e. The molecule has 3 heteroatoms. The van der Waals surface area contributed by atoms with Crippen LogP contribution in [-0.4, -0.2) is 37.6 Å². The van der Waals surface area contributed by atoms with E-state index in [9.17, 15) is 5.11 Å². The maximum absolute atomic E-state index is 9.94. The highest BCUT2D eigenvalue weighted by molar-refractivity contribution is 4.80. The number of ether oxygens (including phenoxy) is 2. The van der Waals surface area contributed by atoms with Crippen LogP contribution in [0.25, 0.3) is 0 Å². The molecule has 15 heavy (non-hydrogen) atoms. The number of aliphatic hydroxyl groups is 1. The van der Waals surface area contributed by atoms with E-state index in [0.29, 0.717) is 19.1 Å². The summed E-state index contributed by atoms with van der Waals surface area (Å²) in [6.07, 6.45) is 5.74. The van der Waals surface area contributed by atoms with E-state index >= 15 is 0 Å². The van der Waals surface area contributed by atoms with Crippen LogP contribution in [0.15, 0.2) is 0 Å². The summed E-state index contributed by atoms with van der Waals surface area (Å²) >= 11 is 0. The first-order valence-corrected chi connectivity index (χ1v) is 6.08. The van der Waals surface area contributed by atoms with Crippen LogP contribution in [0.4, 0.5) is 0 Å². The molecule has 1 aliphatic rings. The fourth-order valence-electron chi connectivity index (χ4n) is 2.48. The monoisotopic (exact) mass is 216 g/mol. The van der Waals surface area contributed by atoms with Crippen LogP contribution in [0.5, 0.6) is 0 Å². The van der Waals surface area contributed by atoms with E-state index in [-0.39, 0.29) is 6.10 Å². The summed E-state index contributed by atoms with van der Waals surface area (Å²) < 4.78 is 10.7. The van der Waals surface area contributed by atoms with Gasteiger partial charge in [-0.2, -0.15) is 0 Å². The van der Waals surface area contributed by atoms with E-state index in [4.69, 9.17) is 9.47 Å². The van der Waals surface area contributed by atoms with Crippen LogP contribution in [0.2, 0.25) is 0 Å². The normalized spacial score (nSPS) is 22.6. The predicted octanol–water partition coefficient (Wildman–Crippen LogP) is 1.98. The average molecular weight is 216 g/mol. The molecule has 0 aromatic heterocycles. The molecule has 0 aliphatic heterocycles. The molecule has 0 aromatic rings. The third-order valence-corrected chi connectivity index (χ3v) is 3.19. The second-order valence-electron chi connectivity index (χ2n) is 4.34. The molecule has 0 spiro atoms. The molecular formula is C12H24O3. The number of aliphatic hydroxyl groups excluding tert-OH is 1. The van der Waals surface area contributed by atoms with Crippen molar-refractivity contribution in [1.29, 1.82) is 0 Å². The molecule has 90 valence electrons. The lowest BCUT2D eigenvalue weighted by atomic mass is 9.83. The highest BCUT2D eigenvalue weighted by atomic mass is 16.5. The van der Waals surface area contributed by atoms with Crippen molar-refractivity contribution in [2.45, 2.75) is 51.2 Å². The first-order chi connectivity index (χ1) is 7.29. The minimum Gasteiger partial charge on any atom is -0.388 e. The van der Waals surface area contributed by atoms with Crippen LogP contribution in [0.3, 0.4) is 0 Å². The Balaban J connectivity index is 2.46. The largest absolute Gasteiger partial charge is 0.388 e. The van der Waals surface area contributed by atoms with Gasteiger partial charge in [-0.25, -0.2) is 0 Å². The molecule has 2 unspecified atom stereocenters. The first-order valence-electron chi connectivity index (χ1n) is 6.08. The maximum atomic E-state index is 9.94. The summed E-state index contributed by atoms with van der Waals surface area (Å²) in [5.74, 6) is 0.517. The highest BCUT2D eigenvalue weighted by Crippen LogP contribution is 2.29. The zero-order valence-electron chi connectivity index (χ0n) is 9.95. The highest BCUT2D eigenvalue weighted by Gasteiger charge is 2.29. The number of hydrogen-bond donors (Lipinski definition) is 1. The molecule has 1 fully saturated rings. The average Bonchev–Trinajstić information content (AvgIpc) is 2.27. The molecule has 1 saturated carbocycles. The molecule has 1 rings (SSSR count). The Kier molecular flexibility index (Phi) is 6.22. The first kappa shape index (κ1) is 12.9. The Morgan fingerprint density at radius 2 is 1.93 bits per heavy atom. The maximum Gasteiger partial charge on any atom is 0.104 e. The van der Waals surface area contributed by atoms with Gasteiger partial charge >= 0.3 is 0 Å². The molecule has 0 bridgehead atoms. The van der Waals surface area contributed by atoms with E-state index in [1.807, 2.05) is 6.92 Å². The molecule has 0 saturated heterocycles. The second-order valence-corrected chi connectivity index (χ2v) is 4.34. The zero-order chi connectivity index (χ0) is 11.1. The van der Waals surface area contributed by atoms with Crippen molar-refractivity contribution in [1.82, 2.24) is 0 Å². The van der Waals surface area contributed by atoms with Crippen LogP contribution < -0.4 is 0 Å². The lowest BCUT2D eigenvalue weighted by Gasteiger charge is -2.32. The zero-order valence-corrected chi connectivity index (χ0v) is 9.95. The minimum atomic E-state index is -0.474. The van der Waals surface area contributed by atoms with Gasteiger partial charge in [0, 0.05) is 13.7 Å². The molecule has 0 radical (unpaired) electrons. The van der Waals surface area contributed by atoms with Gasteiger partial charge in [0.15, 0.2) is 0 Å². The topological polar surface area (TPSA) is 38.7 Å². The SMILES string of the molecule is CCOC(C(O)COC)C1CCCCC1. The van der Waals surface area contributed by atoms with Gasteiger partial charge in [-0.15, -0.1) is 0 Å². The van der Waals surface area contributed by atoms with Crippen LogP contribution >= 0.6 is 0 Å². The molecule has 1 aliphatic carbocycles. The van der Waals surface area contributed by atoms with E-state index in [1.165, 1.54) is 32.1 Å². The van der Waals surface area contributed by atoms with Gasteiger partial charge in [-0.3, -0.25) is 0 Å². The third-order valence-electron chi connectivity index (χ3n) is 3.19. The number of rotatable bonds is 6. The summed E-state index contributed by atoms with van der Waals surface area (Å²) in [7, 11) is 1.62. The Morgan fingerprint density at radius 1 is 1.27 bits per heavy atom. The molecule has 0 amide bonds. The molecule has 3 nitrogen and oxygen atoms in total. The summed E-state index contributed by atoms with van der Waals surface area (Å²) in [5, 5.41) is 9.94. The fourth-order valence-corrected chi connectivity index (χ4v) is 2.48. The van der Waals surface area contributed by atoms with Crippen molar-refractivity contribution in [3.05, 3.63) is 0 Å². The van der Waals surface area contributed by atoms with Crippen molar-refractivity contribution in [2.75, 3.05) is 20.3 Å². The second kappa shape index (κ2) is 7.20. The van der Waals surface area contributed by atoms with Gasteiger partial charge in [0.25, 0.3) is 0 Å². The van der Waals surface area contributed by atoms with Crippen LogP contribution in [0, 0.1) is 5.92 Å². The van der Waals surface area contributed by atoms with Crippen molar-refractivity contribution in [3.8, 4) is 0 Å². The molecule has 2 atom stereocenters. The van der Waals surface area contributed by atoms with Gasteiger partial charge in [0.05, 0.1) is 12.7 Å². The van der Waals surface area contributed by atoms with Crippen molar-refractivity contribution >= 4 is 0 Å². The Labute approximate surface area is 92.8 Å².